The van der Waals surface area contributed by atoms with E-state index in [1.807, 2.05) is 41.9 Å². The summed E-state index contributed by atoms with van der Waals surface area (Å²) in [6.07, 6.45) is 3.30. The molecule has 0 saturated carbocycles. The highest BCUT2D eigenvalue weighted by Crippen LogP contribution is 2.32. The number of fused-ring (bicyclic) bond motifs is 3. The monoisotopic (exact) mass is 335 g/mol. The molecular formula is C18H17N5O2. The highest BCUT2D eigenvalue weighted by Gasteiger charge is 2.22. The minimum absolute atomic E-state index is 0.114. The lowest BCUT2D eigenvalue weighted by Crippen LogP contribution is -2.28. The van der Waals surface area contributed by atoms with E-state index < -0.39 is 0 Å². The van der Waals surface area contributed by atoms with Crippen LogP contribution in [0.1, 0.15) is 10.5 Å². The van der Waals surface area contributed by atoms with E-state index in [1.165, 1.54) is 0 Å². The quantitative estimate of drug-likeness (QED) is 0.594. The molecule has 1 amide bonds. The lowest BCUT2D eigenvalue weighted by molar-refractivity contribution is 0.0938. The van der Waals surface area contributed by atoms with Gasteiger partial charge in [0.05, 0.1) is 23.2 Å². The minimum Gasteiger partial charge on any atom is -0.395 e. The Kier molecular flexibility index (Phi) is 3.70. The van der Waals surface area contributed by atoms with Crippen molar-refractivity contribution in [2.45, 2.75) is 0 Å². The topological polar surface area (TPSA) is 85.0 Å². The minimum atomic E-state index is -0.276. The zero-order valence-electron chi connectivity index (χ0n) is 13.7. The number of carbonyl (C=O) groups is 1. The van der Waals surface area contributed by atoms with Crippen LogP contribution in [0.4, 0.5) is 0 Å². The lowest BCUT2D eigenvalue weighted by atomic mass is 10.2. The van der Waals surface area contributed by atoms with Gasteiger partial charge in [0.15, 0.2) is 0 Å². The van der Waals surface area contributed by atoms with Crippen LogP contribution < -0.4 is 5.32 Å². The Hall–Kier alpha value is -3.19. The molecule has 0 aliphatic heterocycles. The van der Waals surface area contributed by atoms with Crippen LogP contribution >= 0.6 is 0 Å². The van der Waals surface area contributed by atoms with E-state index in [0.717, 1.165) is 21.9 Å². The molecular weight excluding hydrogens is 318 g/mol. The second kappa shape index (κ2) is 6.03. The van der Waals surface area contributed by atoms with Gasteiger partial charge in [0.25, 0.3) is 5.91 Å². The highest BCUT2D eigenvalue weighted by molar-refractivity contribution is 6.10. The van der Waals surface area contributed by atoms with E-state index in [0.29, 0.717) is 11.6 Å². The van der Waals surface area contributed by atoms with Crippen LogP contribution in [-0.4, -0.2) is 43.3 Å². The number of amides is 1. The van der Waals surface area contributed by atoms with Crippen LogP contribution in [0.15, 0.2) is 48.8 Å². The average Bonchev–Trinajstić information content (AvgIpc) is 3.17. The zero-order valence-corrected chi connectivity index (χ0v) is 13.7. The fourth-order valence-corrected chi connectivity index (χ4v) is 3.15. The Morgan fingerprint density at radius 1 is 1.16 bits per heavy atom. The van der Waals surface area contributed by atoms with Crippen molar-refractivity contribution in [3.8, 4) is 5.95 Å². The number of nitrogens with zero attached hydrogens (tertiary/aromatic N) is 4. The summed E-state index contributed by atoms with van der Waals surface area (Å²) in [5.74, 6) is 0.157. The highest BCUT2D eigenvalue weighted by atomic mass is 16.3. The van der Waals surface area contributed by atoms with Gasteiger partial charge < -0.3 is 15.0 Å². The van der Waals surface area contributed by atoms with Crippen molar-refractivity contribution in [1.29, 1.82) is 0 Å². The van der Waals surface area contributed by atoms with E-state index >= 15 is 0 Å². The first-order valence-electron chi connectivity index (χ1n) is 7.97. The number of aliphatic hydroxyl groups is 1. The molecule has 0 atom stereocenters. The second-order valence-corrected chi connectivity index (χ2v) is 5.70. The Bertz CT molecular complexity index is 1070. The molecule has 3 heterocycles. The lowest BCUT2D eigenvalue weighted by Gasteiger charge is -2.09. The molecule has 1 aromatic carbocycles. The number of benzene rings is 1. The number of aliphatic hydroxyl groups excluding tert-OH is 1. The molecule has 0 spiro atoms. The Balaban J connectivity index is 2.05. The first kappa shape index (κ1) is 15.3. The summed E-state index contributed by atoms with van der Waals surface area (Å²) in [5.41, 5.74) is 3.31. The maximum Gasteiger partial charge on any atom is 0.268 e. The summed E-state index contributed by atoms with van der Waals surface area (Å²) in [6, 6.07) is 11.6. The van der Waals surface area contributed by atoms with Gasteiger partial charge in [-0.05, 0) is 18.2 Å². The Labute approximate surface area is 143 Å². The van der Waals surface area contributed by atoms with E-state index in [1.54, 1.807) is 23.0 Å². The number of hydrogen-bond donors (Lipinski definition) is 2. The van der Waals surface area contributed by atoms with E-state index in [-0.39, 0.29) is 19.1 Å². The summed E-state index contributed by atoms with van der Waals surface area (Å²) in [5, 5.41) is 12.7. The normalized spacial score (nSPS) is 11.3. The molecule has 126 valence electrons. The molecule has 0 unspecified atom stereocenters. The van der Waals surface area contributed by atoms with Gasteiger partial charge in [0, 0.05) is 31.4 Å². The molecule has 0 saturated heterocycles. The fourth-order valence-electron chi connectivity index (χ4n) is 3.15. The molecule has 0 bridgehead atoms. The van der Waals surface area contributed by atoms with Gasteiger partial charge in [-0.3, -0.25) is 9.36 Å². The third-order valence-corrected chi connectivity index (χ3v) is 4.24. The predicted octanol–water partition coefficient (Wildman–Crippen LogP) is 1.63. The zero-order chi connectivity index (χ0) is 17.4. The van der Waals surface area contributed by atoms with Crippen LogP contribution in [0.2, 0.25) is 0 Å². The van der Waals surface area contributed by atoms with Crippen molar-refractivity contribution in [2.24, 2.45) is 7.05 Å². The van der Waals surface area contributed by atoms with Crippen molar-refractivity contribution in [3.05, 3.63) is 54.5 Å². The molecule has 0 aliphatic rings. The smallest absolute Gasteiger partial charge is 0.268 e. The summed E-state index contributed by atoms with van der Waals surface area (Å²) >= 11 is 0. The third-order valence-electron chi connectivity index (χ3n) is 4.24. The number of carbonyl (C=O) groups excluding carboxylic acids is 1. The molecule has 3 aromatic heterocycles. The largest absolute Gasteiger partial charge is 0.395 e. The summed E-state index contributed by atoms with van der Waals surface area (Å²) in [4.78, 5) is 21.3. The maximum absolute atomic E-state index is 12.6. The molecule has 7 heteroatoms. The van der Waals surface area contributed by atoms with Crippen LogP contribution in [0, 0.1) is 0 Å². The molecule has 0 fully saturated rings. The van der Waals surface area contributed by atoms with Crippen LogP contribution in [0.3, 0.4) is 0 Å². The number of nitrogens with one attached hydrogen (secondary N) is 1. The van der Waals surface area contributed by atoms with Crippen LogP contribution in [-0.2, 0) is 7.05 Å². The molecule has 0 radical (unpaired) electrons. The second-order valence-electron chi connectivity index (χ2n) is 5.70. The van der Waals surface area contributed by atoms with Gasteiger partial charge >= 0.3 is 0 Å². The SMILES string of the molecule is Cn1c2ccccc2c2c1cc(C(=O)NCCO)n2-c1ncccn1. The molecule has 4 rings (SSSR count). The van der Waals surface area contributed by atoms with Crippen molar-refractivity contribution < 1.29 is 9.90 Å². The fraction of sp³-hybridized carbons (Fsp3) is 0.167. The average molecular weight is 335 g/mol. The van der Waals surface area contributed by atoms with Gasteiger partial charge in [-0.1, -0.05) is 18.2 Å². The number of aromatic nitrogens is 4. The van der Waals surface area contributed by atoms with Gasteiger partial charge in [-0.2, -0.15) is 0 Å². The number of rotatable bonds is 4. The number of aryl methyl sites for hydroxylation is 1. The van der Waals surface area contributed by atoms with Crippen LogP contribution in [0.5, 0.6) is 0 Å². The maximum atomic E-state index is 12.6. The van der Waals surface area contributed by atoms with Gasteiger partial charge in [-0.25, -0.2) is 9.97 Å². The molecule has 7 nitrogen and oxygen atoms in total. The van der Waals surface area contributed by atoms with E-state index in [4.69, 9.17) is 5.11 Å². The van der Waals surface area contributed by atoms with Crippen molar-refractivity contribution in [1.82, 2.24) is 24.4 Å². The molecule has 25 heavy (non-hydrogen) atoms. The van der Waals surface area contributed by atoms with Gasteiger partial charge in [0.2, 0.25) is 5.95 Å². The van der Waals surface area contributed by atoms with E-state index in [2.05, 4.69) is 15.3 Å². The Morgan fingerprint density at radius 2 is 1.92 bits per heavy atom. The summed E-state index contributed by atoms with van der Waals surface area (Å²) < 4.78 is 3.82. The van der Waals surface area contributed by atoms with Crippen LogP contribution in [0.25, 0.3) is 27.9 Å². The predicted molar refractivity (Wildman–Crippen MR) is 94.8 cm³/mol. The first-order valence-corrected chi connectivity index (χ1v) is 7.97. The van der Waals surface area contributed by atoms with Crippen molar-refractivity contribution >= 4 is 27.8 Å². The summed E-state index contributed by atoms with van der Waals surface area (Å²) in [6.45, 7) is 0.0769. The number of hydrogen-bond acceptors (Lipinski definition) is 4. The third kappa shape index (κ3) is 2.36. The molecule has 2 N–H and O–H groups in total. The summed E-state index contributed by atoms with van der Waals surface area (Å²) in [7, 11) is 1.97. The standard InChI is InChI=1S/C18H17N5O2/c1-22-13-6-3-2-5-12(13)16-14(22)11-15(17(25)19-9-10-24)23(16)18-20-7-4-8-21-18/h2-8,11,24H,9-10H2,1H3,(H,19,25). The number of para-hydroxylation sites is 1. The van der Waals surface area contributed by atoms with Gasteiger partial charge in [0.1, 0.15) is 5.69 Å². The molecule has 4 aromatic rings. The molecule has 0 aliphatic carbocycles. The van der Waals surface area contributed by atoms with E-state index in [9.17, 15) is 4.79 Å². The van der Waals surface area contributed by atoms with Gasteiger partial charge in [-0.15, -0.1) is 0 Å². The first-order chi connectivity index (χ1) is 12.2. The van der Waals surface area contributed by atoms with Crippen molar-refractivity contribution in [3.63, 3.8) is 0 Å². The van der Waals surface area contributed by atoms with Crippen molar-refractivity contribution in [2.75, 3.05) is 13.2 Å². The Morgan fingerprint density at radius 3 is 2.68 bits per heavy atom.